The normalized spacial score (nSPS) is 12.3. The summed E-state index contributed by atoms with van der Waals surface area (Å²) < 4.78 is 0. The number of nitrogens with one attached hydrogen (secondary N) is 2. The maximum atomic E-state index is 12.4. The Kier molecular flexibility index (Phi) is 5.52. The molecule has 0 saturated heterocycles. The van der Waals surface area contributed by atoms with Gasteiger partial charge in [0.2, 0.25) is 11.2 Å². The molecule has 3 N–H and O–H groups in total. The predicted octanol–water partition coefficient (Wildman–Crippen LogP) is 2.66. The zero-order chi connectivity index (χ0) is 17.8. The van der Waals surface area contributed by atoms with Crippen molar-refractivity contribution >= 4 is 46.1 Å². The van der Waals surface area contributed by atoms with Gasteiger partial charge in [-0.15, -0.1) is 0 Å². The number of H-pyrrole nitrogens is 1. The van der Waals surface area contributed by atoms with E-state index in [0.29, 0.717) is 28.3 Å². The van der Waals surface area contributed by atoms with Gasteiger partial charge in [-0.1, -0.05) is 23.9 Å². The van der Waals surface area contributed by atoms with Crippen LogP contribution in [-0.2, 0) is 11.2 Å². The van der Waals surface area contributed by atoms with Crippen LogP contribution >= 0.6 is 23.4 Å². The van der Waals surface area contributed by atoms with Gasteiger partial charge >= 0.3 is 0 Å². The van der Waals surface area contributed by atoms with Crippen molar-refractivity contribution in [2.45, 2.75) is 23.6 Å². The molecule has 25 heavy (non-hydrogen) atoms. The number of aliphatic hydroxyl groups is 1. The van der Waals surface area contributed by atoms with Crippen LogP contribution in [-0.4, -0.2) is 42.8 Å². The highest BCUT2D eigenvalue weighted by atomic mass is 35.5. The maximum absolute atomic E-state index is 12.4. The minimum absolute atomic E-state index is 0.0918. The molecule has 0 radical (unpaired) electrons. The van der Waals surface area contributed by atoms with Crippen LogP contribution < -0.4 is 5.32 Å². The largest absolute Gasteiger partial charge is 0.396 e. The Balaban J connectivity index is 1.68. The molecule has 0 spiro atoms. The molecule has 0 aliphatic carbocycles. The molecular formula is C16H16ClN5O2S. The van der Waals surface area contributed by atoms with Gasteiger partial charge in [0.25, 0.3) is 0 Å². The van der Waals surface area contributed by atoms with E-state index in [4.69, 9.17) is 16.7 Å². The maximum Gasteiger partial charge on any atom is 0.237 e. The first-order valence-electron chi connectivity index (χ1n) is 7.61. The van der Waals surface area contributed by atoms with Gasteiger partial charge in [-0.25, -0.2) is 9.97 Å². The van der Waals surface area contributed by atoms with Gasteiger partial charge in [-0.05, 0) is 42.6 Å². The van der Waals surface area contributed by atoms with E-state index in [2.05, 4.69) is 25.3 Å². The second kappa shape index (κ2) is 7.81. The number of anilines is 1. The number of carbonyl (C=O) groups is 1. The van der Waals surface area contributed by atoms with E-state index in [9.17, 15) is 4.79 Å². The number of hydrogen-bond acceptors (Lipinski definition) is 6. The molecule has 1 amide bonds. The number of aromatic amines is 1. The fourth-order valence-electron chi connectivity index (χ4n) is 2.22. The van der Waals surface area contributed by atoms with Gasteiger partial charge < -0.3 is 15.4 Å². The second-order valence-corrected chi connectivity index (χ2v) is 6.99. The molecule has 0 fully saturated rings. The lowest BCUT2D eigenvalue weighted by Gasteiger charge is -2.12. The minimum Gasteiger partial charge on any atom is -0.396 e. The molecule has 0 aliphatic heterocycles. The molecule has 1 atom stereocenters. The number of halogens is 1. The van der Waals surface area contributed by atoms with Gasteiger partial charge in [-0.2, -0.15) is 4.98 Å². The summed E-state index contributed by atoms with van der Waals surface area (Å²) in [5.74, 6) is -0.151. The summed E-state index contributed by atoms with van der Waals surface area (Å²) in [6.07, 6.45) is 2.10. The van der Waals surface area contributed by atoms with E-state index >= 15 is 0 Å². The molecule has 9 heteroatoms. The molecule has 7 nitrogen and oxygen atoms in total. The molecule has 3 rings (SSSR count). The predicted molar refractivity (Wildman–Crippen MR) is 97.9 cm³/mol. The Morgan fingerprint density at radius 1 is 1.36 bits per heavy atom. The third-order valence-electron chi connectivity index (χ3n) is 3.50. The lowest BCUT2D eigenvalue weighted by atomic mass is 10.1. The molecule has 2 heterocycles. The number of nitrogens with zero attached hydrogens (tertiary/aromatic N) is 3. The number of aliphatic hydroxyl groups excluding tert-OH is 1. The third-order valence-corrected chi connectivity index (χ3v) is 4.76. The quantitative estimate of drug-likeness (QED) is 0.346. The van der Waals surface area contributed by atoms with Crippen molar-refractivity contribution in [2.24, 2.45) is 0 Å². The van der Waals surface area contributed by atoms with Crippen molar-refractivity contribution in [1.29, 1.82) is 0 Å². The Morgan fingerprint density at radius 2 is 2.12 bits per heavy atom. The van der Waals surface area contributed by atoms with Crippen molar-refractivity contribution in [3.63, 3.8) is 0 Å². The van der Waals surface area contributed by atoms with Crippen molar-refractivity contribution in [3.8, 4) is 0 Å². The number of imidazole rings is 1. The monoisotopic (exact) mass is 377 g/mol. The lowest BCUT2D eigenvalue weighted by Crippen LogP contribution is -2.22. The summed E-state index contributed by atoms with van der Waals surface area (Å²) >= 11 is 7.18. The average Bonchev–Trinajstić information content (AvgIpc) is 3.05. The molecular weight excluding hydrogens is 362 g/mol. The standard InChI is InChI=1S/C16H16ClN5O2S/c1-9(14(24)20-11-4-2-10(3-5-11)6-7-23)25-15-12-13(19-8-18-12)21-16(17)22-15/h2-5,8-9,23H,6-7H2,1H3,(H,20,24)(H,18,19,21,22). The van der Waals surface area contributed by atoms with Crippen molar-refractivity contribution in [1.82, 2.24) is 19.9 Å². The van der Waals surface area contributed by atoms with Crippen LogP contribution in [0.2, 0.25) is 5.28 Å². The van der Waals surface area contributed by atoms with Crippen molar-refractivity contribution in [2.75, 3.05) is 11.9 Å². The Morgan fingerprint density at radius 3 is 2.84 bits per heavy atom. The fourth-order valence-corrected chi connectivity index (χ4v) is 3.34. The highest BCUT2D eigenvalue weighted by Gasteiger charge is 2.19. The lowest BCUT2D eigenvalue weighted by molar-refractivity contribution is -0.115. The molecule has 0 bridgehead atoms. The number of thioether (sulfide) groups is 1. The first-order chi connectivity index (χ1) is 12.1. The third kappa shape index (κ3) is 4.28. The second-order valence-electron chi connectivity index (χ2n) is 5.32. The van der Waals surface area contributed by atoms with Gasteiger partial charge in [0.1, 0.15) is 10.5 Å². The number of rotatable bonds is 6. The van der Waals surface area contributed by atoms with E-state index in [1.807, 2.05) is 24.3 Å². The molecule has 2 aromatic heterocycles. The van der Waals surface area contributed by atoms with Crippen molar-refractivity contribution < 1.29 is 9.90 Å². The van der Waals surface area contributed by atoms with E-state index in [-0.39, 0.29) is 17.8 Å². The summed E-state index contributed by atoms with van der Waals surface area (Å²) in [6.45, 7) is 1.89. The fraction of sp³-hybridized carbons (Fsp3) is 0.250. The zero-order valence-electron chi connectivity index (χ0n) is 13.4. The number of aromatic nitrogens is 4. The van der Waals surface area contributed by atoms with E-state index in [0.717, 1.165) is 5.56 Å². The van der Waals surface area contributed by atoms with Crippen LogP contribution in [0.25, 0.3) is 11.2 Å². The molecule has 1 aromatic carbocycles. The SMILES string of the molecule is CC(Sc1nc(Cl)nc2nc[nH]c12)C(=O)Nc1ccc(CCO)cc1. The average molecular weight is 378 g/mol. The Labute approximate surface area is 153 Å². The highest BCUT2D eigenvalue weighted by Crippen LogP contribution is 2.28. The molecule has 3 aromatic rings. The molecule has 1 unspecified atom stereocenters. The first-order valence-corrected chi connectivity index (χ1v) is 8.86. The van der Waals surface area contributed by atoms with E-state index in [1.165, 1.54) is 18.1 Å². The van der Waals surface area contributed by atoms with Crippen LogP contribution in [0.4, 0.5) is 5.69 Å². The number of fused-ring (bicyclic) bond motifs is 1. The van der Waals surface area contributed by atoms with Gasteiger partial charge in [0, 0.05) is 12.3 Å². The van der Waals surface area contributed by atoms with E-state index in [1.54, 1.807) is 6.92 Å². The summed E-state index contributed by atoms with van der Waals surface area (Å²) in [5, 5.41) is 12.1. The van der Waals surface area contributed by atoms with Gasteiger partial charge in [-0.3, -0.25) is 4.79 Å². The summed E-state index contributed by atoms with van der Waals surface area (Å²) in [6, 6.07) is 7.38. The Bertz CT molecular complexity index is 884. The zero-order valence-corrected chi connectivity index (χ0v) is 14.9. The van der Waals surface area contributed by atoms with Gasteiger partial charge in [0.15, 0.2) is 5.65 Å². The molecule has 0 aliphatic rings. The highest BCUT2D eigenvalue weighted by molar-refractivity contribution is 8.00. The summed E-state index contributed by atoms with van der Waals surface area (Å²) in [5.41, 5.74) is 2.84. The summed E-state index contributed by atoms with van der Waals surface area (Å²) in [7, 11) is 0. The summed E-state index contributed by atoms with van der Waals surface area (Å²) in [4.78, 5) is 27.6. The molecule has 0 saturated carbocycles. The number of benzene rings is 1. The van der Waals surface area contributed by atoms with Crippen LogP contribution in [0, 0.1) is 0 Å². The van der Waals surface area contributed by atoms with Gasteiger partial charge in [0.05, 0.1) is 11.6 Å². The number of carbonyl (C=O) groups excluding carboxylic acids is 1. The van der Waals surface area contributed by atoms with E-state index < -0.39 is 5.25 Å². The van der Waals surface area contributed by atoms with Crippen LogP contribution in [0.5, 0.6) is 0 Å². The first kappa shape index (κ1) is 17.7. The Hall–Kier alpha value is -2.16. The molecule has 130 valence electrons. The van der Waals surface area contributed by atoms with Crippen LogP contribution in [0.3, 0.4) is 0 Å². The van der Waals surface area contributed by atoms with Crippen molar-refractivity contribution in [3.05, 3.63) is 41.4 Å². The number of hydrogen-bond donors (Lipinski definition) is 3. The topological polar surface area (TPSA) is 104 Å². The number of amides is 1. The smallest absolute Gasteiger partial charge is 0.237 e. The van der Waals surface area contributed by atoms with Crippen LogP contribution in [0.15, 0.2) is 35.6 Å². The minimum atomic E-state index is -0.394. The van der Waals surface area contributed by atoms with Crippen LogP contribution in [0.1, 0.15) is 12.5 Å².